The molecule has 3 N–H and O–H groups in total. The molecule has 1 atom stereocenters. The van der Waals surface area contributed by atoms with Crippen molar-refractivity contribution in [3.63, 3.8) is 0 Å². The molecule has 1 amide bonds. The Hall–Kier alpha value is -0.870. The number of carbonyl (C=O) groups excluding carboxylic acids is 1. The van der Waals surface area contributed by atoms with Crippen LogP contribution in [0.15, 0.2) is 28.7 Å². The van der Waals surface area contributed by atoms with E-state index in [0.29, 0.717) is 13.0 Å². The maximum atomic E-state index is 11.7. The molecule has 16 heavy (non-hydrogen) atoms. The summed E-state index contributed by atoms with van der Waals surface area (Å²) in [4.78, 5) is 11.7. The number of nitrogens with one attached hydrogen (secondary N) is 1. The lowest BCUT2D eigenvalue weighted by molar-refractivity contribution is -0.117. The topological polar surface area (TPSA) is 55.1 Å². The van der Waals surface area contributed by atoms with Crippen LogP contribution < -0.4 is 11.1 Å². The number of para-hydroxylation sites is 1. The lowest BCUT2D eigenvalue weighted by Gasteiger charge is -2.12. The van der Waals surface area contributed by atoms with Gasteiger partial charge in [-0.25, -0.2) is 0 Å². The van der Waals surface area contributed by atoms with Crippen molar-refractivity contribution in [1.82, 2.24) is 0 Å². The van der Waals surface area contributed by atoms with Gasteiger partial charge in [-0.1, -0.05) is 25.5 Å². The highest BCUT2D eigenvalue weighted by atomic mass is 79.9. The average Bonchev–Trinajstić information content (AvgIpc) is 2.29. The summed E-state index contributed by atoms with van der Waals surface area (Å²) in [6.07, 6.45) is 1.41. The van der Waals surface area contributed by atoms with Gasteiger partial charge < -0.3 is 11.1 Å². The molecule has 0 radical (unpaired) electrons. The van der Waals surface area contributed by atoms with Crippen LogP contribution in [0.3, 0.4) is 0 Å². The monoisotopic (exact) mass is 284 g/mol. The Balaban J connectivity index is 2.55. The number of halogens is 1. The summed E-state index contributed by atoms with van der Waals surface area (Å²) < 4.78 is 0.893. The Bertz CT molecular complexity index is 351. The molecule has 1 rings (SSSR count). The van der Waals surface area contributed by atoms with E-state index >= 15 is 0 Å². The van der Waals surface area contributed by atoms with Crippen LogP contribution in [0, 0.1) is 5.92 Å². The predicted molar refractivity (Wildman–Crippen MR) is 70.2 cm³/mol. The fraction of sp³-hybridized carbons (Fsp3) is 0.417. The molecule has 1 aromatic carbocycles. The van der Waals surface area contributed by atoms with Crippen molar-refractivity contribution in [3.05, 3.63) is 28.7 Å². The van der Waals surface area contributed by atoms with Gasteiger partial charge in [-0.15, -0.1) is 0 Å². The molecule has 0 spiro atoms. The number of amides is 1. The Kier molecular flexibility index (Phi) is 5.49. The van der Waals surface area contributed by atoms with Crippen LogP contribution in [-0.4, -0.2) is 12.5 Å². The molecular weight excluding hydrogens is 268 g/mol. The Morgan fingerprint density at radius 3 is 2.75 bits per heavy atom. The summed E-state index contributed by atoms with van der Waals surface area (Å²) >= 11 is 3.39. The van der Waals surface area contributed by atoms with Crippen LogP contribution in [0.25, 0.3) is 0 Å². The molecule has 3 nitrogen and oxygen atoms in total. The van der Waals surface area contributed by atoms with E-state index in [0.717, 1.165) is 16.6 Å². The smallest absolute Gasteiger partial charge is 0.224 e. The van der Waals surface area contributed by atoms with Crippen molar-refractivity contribution in [2.75, 3.05) is 11.9 Å². The average molecular weight is 285 g/mol. The predicted octanol–water partition coefficient (Wildman–Crippen LogP) is 2.76. The number of anilines is 1. The van der Waals surface area contributed by atoms with Gasteiger partial charge in [-0.2, -0.15) is 0 Å². The van der Waals surface area contributed by atoms with Gasteiger partial charge in [0.25, 0.3) is 0 Å². The Morgan fingerprint density at radius 1 is 1.50 bits per heavy atom. The molecule has 0 aromatic heterocycles. The summed E-state index contributed by atoms with van der Waals surface area (Å²) in [6, 6.07) is 7.57. The number of nitrogens with two attached hydrogens (primary N) is 1. The first-order valence-electron chi connectivity index (χ1n) is 5.41. The largest absolute Gasteiger partial charge is 0.330 e. The van der Waals surface area contributed by atoms with E-state index < -0.39 is 0 Å². The zero-order chi connectivity index (χ0) is 12.0. The minimum Gasteiger partial charge on any atom is -0.330 e. The van der Waals surface area contributed by atoms with Crippen molar-refractivity contribution in [1.29, 1.82) is 0 Å². The third-order valence-corrected chi connectivity index (χ3v) is 3.22. The van der Waals surface area contributed by atoms with E-state index in [4.69, 9.17) is 5.73 Å². The molecule has 0 bridgehead atoms. The summed E-state index contributed by atoms with van der Waals surface area (Å²) in [6.45, 7) is 2.60. The second-order valence-electron chi connectivity index (χ2n) is 3.74. The second kappa shape index (κ2) is 6.66. The third-order valence-electron chi connectivity index (χ3n) is 2.53. The van der Waals surface area contributed by atoms with E-state index in [1.54, 1.807) is 0 Å². The number of rotatable bonds is 5. The van der Waals surface area contributed by atoms with Gasteiger partial charge in [0.05, 0.1) is 5.69 Å². The summed E-state index contributed by atoms with van der Waals surface area (Å²) in [5.74, 6) is 0.284. The second-order valence-corrected chi connectivity index (χ2v) is 4.60. The first-order chi connectivity index (χ1) is 7.67. The SMILES string of the molecule is CCC(CN)CC(=O)Nc1ccccc1Br. The quantitative estimate of drug-likeness (QED) is 0.874. The fourth-order valence-corrected chi connectivity index (χ4v) is 1.80. The van der Waals surface area contributed by atoms with Gasteiger partial charge >= 0.3 is 0 Å². The van der Waals surface area contributed by atoms with E-state index in [9.17, 15) is 4.79 Å². The molecule has 0 heterocycles. The minimum atomic E-state index is 0.0178. The summed E-state index contributed by atoms with van der Waals surface area (Å²) in [5, 5.41) is 2.87. The van der Waals surface area contributed by atoms with Crippen molar-refractivity contribution >= 4 is 27.5 Å². The normalized spacial score (nSPS) is 12.2. The molecule has 88 valence electrons. The zero-order valence-corrected chi connectivity index (χ0v) is 11.0. The van der Waals surface area contributed by atoms with Gasteiger partial charge in [0, 0.05) is 10.9 Å². The van der Waals surface area contributed by atoms with Gasteiger partial charge in [-0.05, 0) is 40.5 Å². The maximum absolute atomic E-state index is 11.7. The van der Waals surface area contributed by atoms with E-state index in [-0.39, 0.29) is 11.8 Å². The van der Waals surface area contributed by atoms with E-state index in [2.05, 4.69) is 21.2 Å². The zero-order valence-electron chi connectivity index (χ0n) is 9.37. The van der Waals surface area contributed by atoms with Crippen LogP contribution in [0.4, 0.5) is 5.69 Å². The Morgan fingerprint density at radius 2 is 2.19 bits per heavy atom. The number of benzene rings is 1. The molecule has 0 saturated heterocycles. The van der Waals surface area contributed by atoms with Crippen LogP contribution in [0.5, 0.6) is 0 Å². The van der Waals surface area contributed by atoms with Crippen molar-refractivity contribution in [2.45, 2.75) is 19.8 Å². The van der Waals surface area contributed by atoms with Crippen LogP contribution in [0.2, 0.25) is 0 Å². The molecule has 4 heteroatoms. The van der Waals surface area contributed by atoms with Gasteiger partial charge in [-0.3, -0.25) is 4.79 Å². The van der Waals surface area contributed by atoms with E-state index in [1.807, 2.05) is 31.2 Å². The maximum Gasteiger partial charge on any atom is 0.224 e. The Labute approximate surface area is 105 Å². The molecule has 0 aliphatic rings. The summed E-state index contributed by atoms with van der Waals surface area (Å²) in [5.41, 5.74) is 6.37. The minimum absolute atomic E-state index is 0.0178. The number of carbonyl (C=O) groups is 1. The molecule has 1 aromatic rings. The van der Waals surface area contributed by atoms with E-state index in [1.165, 1.54) is 0 Å². The lowest BCUT2D eigenvalue weighted by atomic mass is 10.0. The van der Waals surface area contributed by atoms with Crippen LogP contribution >= 0.6 is 15.9 Å². The third kappa shape index (κ3) is 3.94. The lowest BCUT2D eigenvalue weighted by Crippen LogP contribution is -2.21. The molecule has 0 fully saturated rings. The molecule has 0 aliphatic carbocycles. The number of hydrogen-bond donors (Lipinski definition) is 2. The molecule has 1 unspecified atom stereocenters. The van der Waals surface area contributed by atoms with Crippen molar-refractivity contribution in [2.24, 2.45) is 11.7 Å². The highest BCUT2D eigenvalue weighted by Crippen LogP contribution is 2.21. The highest BCUT2D eigenvalue weighted by molar-refractivity contribution is 9.10. The first kappa shape index (κ1) is 13.2. The highest BCUT2D eigenvalue weighted by Gasteiger charge is 2.11. The van der Waals surface area contributed by atoms with Crippen molar-refractivity contribution in [3.8, 4) is 0 Å². The van der Waals surface area contributed by atoms with Crippen LogP contribution in [0.1, 0.15) is 19.8 Å². The molecule has 0 saturated carbocycles. The van der Waals surface area contributed by atoms with Crippen LogP contribution in [-0.2, 0) is 4.79 Å². The first-order valence-corrected chi connectivity index (χ1v) is 6.21. The number of hydrogen-bond acceptors (Lipinski definition) is 2. The fourth-order valence-electron chi connectivity index (χ4n) is 1.42. The molecular formula is C12H17BrN2O. The van der Waals surface area contributed by atoms with Gasteiger partial charge in [0.2, 0.25) is 5.91 Å². The van der Waals surface area contributed by atoms with Gasteiger partial charge in [0.15, 0.2) is 0 Å². The molecule has 0 aliphatic heterocycles. The van der Waals surface area contributed by atoms with Gasteiger partial charge in [0.1, 0.15) is 0 Å². The standard InChI is InChI=1S/C12H17BrN2O/c1-2-9(8-14)7-12(16)15-11-6-4-3-5-10(11)13/h3-6,9H,2,7-8,14H2,1H3,(H,15,16). The van der Waals surface area contributed by atoms with Crippen molar-refractivity contribution < 1.29 is 4.79 Å². The summed E-state index contributed by atoms with van der Waals surface area (Å²) in [7, 11) is 0.